The molecule has 0 saturated heterocycles. The second-order valence-corrected chi connectivity index (χ2v) is 4.28. The predicted octanol–water partition coefficient (Wildman–Crippen LogP) is 1.97. The van der Waals surface area contributed by atoms with E-state index in [1.165, 1.54) is 25.7 Å². The molecule has 1 aromatic heterocycles. The van der Waals surface area contributed by atoms with Gasteiger partial charge in [0, 0.05) is 5.54 Å². The average molecular weight is 193 g/mol. The summed E-state index contributed by atoms with van der Waals surface area (Å²) in [7, 11) is 0. The molecule has 0 bridgehead atoms. The van der Waals surface area contributed by atoms with Gasteiger partial charge in [-0.25, -0.2) is 0 Å². The van der Waals surface area contributed by atoms with Gasteiger partial charge in [0.2, 0.25) is 5.95 Å². The summed E-state index contributed by atoms with van der Waals surface area (Å²) in [6.45, 7) is 0. The van der Waals surface area contributed by atoms with E-state index in [0.717, 1.165) is 12.1 Å². The van der Waals surface area contributed by atoms with Gasteiger partial charge < -0.3 is 5.32 Å². The Morgan fingerprint density at radius 3 is 2.71 bits per heavy atom. The second-order valence-electron chi connectivity index (χ2n) is 4.28. The minimum absolute atomic E-state index is 0.239. The van der Waals surface area contributed by atoms with Crippen LogP contribution in [0, 0.1) is 11.9 Å². The lowest BCUT2D eigenvalue weighted by Crippen LogP contribution is -2.24. The molecule has 2 aliphatic carbocycles. The summed E-state index contributed by atoms with van der Waals surface area (Å²) in [5.41, 5.74) is 0.239. The number of anilines is 1. The van der Waals surface area contributed by atoms with Crippen LogP contribution in [0.1, 0.15) is 25.7 Å². The van der Waals surface area contributed by atoms with E-state index in [0.29, 0.717) is 5.82 Å². The van der Waals surface area contributed by atoms with Crippen molar-refractivity contribution in [2.24, 2.45) is 5.92 Å². The normalized spacial score (nSPS) is 23.2. The third-order valence-electron chi connectivity index (χ3n) is 3.13. The van der Waals surface area contributed by atoms with Gasteiger partial charge in [-0.2, -0.15) is 9.37 Å². The predicted molar refractivity (Wildman–Crippen MR) is 50.3 cm³/mol. The summed E-state index contributed by atoms with van der Waals surface area (Å²) in [6, 6.07) is 0. The van der Waals surface area contributed by atoms with Crippen molar-refractivity contribution < 1.29 is 4.39 Å². The first kappa shape index (κ1) is 8.15. The van der Waals surface area contributed by atoms with Crippen LogP contribution in [0.15, 0.2) is 12.4 Å². The summed E-state index contributed by atoms with van der Waals surface area (Å²) < 4.78 is 12.8. The van der Waals surface area contributed by atoms with E-state index >= 15 is 0 Å². The molecule has 0 amide bonds. The molecule has 0 aliphatic heterocycles. The van der Waals surface area contributed by atoms with E-state index in [4.69, 9.17) is 0 Å². The van der Waals surface area contributed by atoms with Crippen molar-refractivity contribution in [1.29, 1.82) is 0 Å². The fourth-order valence-electron chi connectivity index (χ4n) is 2.06. The molecule has 2 aliphatic rings. The second kappa shape index (κ2) is 2.65. The summed E-state index contributed by atoms with van der Waals surface area (Å²) >= 11 is 0. The molecular formula is C10H12FN3. The number of hydrogen-bond acceptors (Lipinski definition) is 3. The SMILES string of the molecule is Fc1cncc(NC2(C3CC3)CC2)n1. The van der Waals surface area contributed by atoms with Crippen molar-refractivity contribution in [1.82, 2.24) is 9.97 Å². The van der Waals surface area contributed by atoms with Gasteiger partial charge in [-0.1, -0.05) is 0 Å². The van der Waals surface area contributed by atoms with E-state index in [2.05, 4.69) is 15.3 Å². The minimum Gasteiger partial charge on any atom is -0.363 e. The Morgan fingerprint density at radius 2 is 2.14 bits per heavy atom. The third-order valence-corrected chi connectivity index (χ3v) is 3.13. The van der Waals surface area contributed by atoms with Crippen molar-refractivity contribution in [3.8, 4) is 0 Å². The molecule has 1 N–H and O–H groups in total. The largest absolute Gasteiger partial charge is 0.363 e. The third kappa shape index (κ3) is 1.35. The van der Waals surface area contributed by atoms with Crippen molar-refractivity contribution >= 4 is 5.82 Å². The molecule has 3 nitrogen and oxygen atoms in total. The number of hydrogen-bond donors (Lipinski definition) is 1. The molecule has 74 valence electrons. The zero-order chi connectivity index (χ0) is 9.60. The van der Waals surface area contributed by atoms with Gasteiger partial charge >= 0.3 is 0 Å². The Bertz CT molecular complexity index is 358. The Kier molecular flexibility index (Phi) is 1.54. The Morgan fingerprint density at radius 1 is 1.36 bits per heavy atom. The van der Waals surface area contributed by atoms with E-state index < -0.39 is 5.95 Å². The molecule has 0 unspecified atom stereocenters. The van der Waals surface area contributed by atoms with Crippen LogP contribution in [0.4, 0.5) is 10.2 Å². The fraction of sp³-hybridized carbons (Fsp3) is 0.600. The topological polar surface area (TPSA) is 37.8 Å². The van der Waals surface area contributed by atoms with Gasteiger partial charge in [-0.05, 0) is 31.6 Å². The first-order valence-corrected chi connectivity index (χ1v) is 5.04. The lowest BCUT2D eigenvalue weighted by atomic mass is 10.1. The average Bonchev–Trinajstić information content (AvgIpc) is 2.99. The molecule has 2 fully saturated rings. The van der Waals surface area contributed by atoms with Crippen LogP contribution in [0.25, 0.3) is 0 Å². The maximum Gasteiger partial charge on any atom is 0.233 e. The fourth-order valence-corrected chi connectivity index (χ4v) is 2.06. The van der Waals surface area contributed by atoms with Crippen LogP contribution in [0.5, 0.6) is 0 Å². The summed E-state index contributed by atoms with van der Waals surface area (Å²) in [6.07, 6.45) is 7.70. The van der Waals surface area contributed by atoms with E-state index in [1.807, 2.05) is 0 Å². The smallest absolute Gasteiger partial charge is 0.233 e. The number of rotatable bonds is 3. The van der Waals surface area contributed by atoms with Gasteiger partial charge in [0.15, 0.2) is 0 Å². The monoisotopic (exact) mass is 193 g/mol. The molecule has 4 heteroatoms. The van der Waals surface area contributed by atoms with E-state index in [1.54, 1.807) is 6.20 Å². The lowest BCUT2D eigenvalue weighted by Gasteiger charge is -2.16. The van der Waals surface area contributed by atoms with Crippen molar-refractivity contribution in [2.45, 2.75) is 31.2 Å². The molecule has 14 heavy (non-hydrogen) atoms. The van der Waals surface area contributed by atoms with Gasteiger partial charge in [-0.3, -0.25) is 4.98 Å². The Labute approximate surface area is 81.8 Å². The van der Waals surface area contributed by atoms with Crippen molar-refractivity contribution in [3.05, 3.63) is 18.3 Å². The van der Waals surface area contributed by atoms with Crippen LogP contribution in [-0.2, 0) is 0 Å². The van der Waals surface area contributed by atoms with E-state index in [9.17, 15) is 4.39 Å². The zero-order valence-corrected chi connectivity index (χ0v) is 7.83. The first-order chi connectivity index (χ1) is 6.78. The quantitative estimate of drug-likeness (QED) is 0.797. The van der Waals surface area contributed by atoms with Gasteiger partial charge in [0.1, 0.15) is 5.82 Å². The molecule has 0 aromatic carbocycles. The summed E-state index contributed by atoms with van der Waals surface area (Å²) in [5.74, 6) is 0.851. The van der Waals surface area contributed by atoms with Crippen LogP contribution in [0.3, 0.4) is 0 Å². The standard InChI is InChI=1S/C10H12FN3/c11-8-5-12-6-9(13-8)14-10(3-4-10)7-1-2-7/h5-7H,1-4H2,(H,13,14). The highest BCUT2D eigenvalue weighted by molar-refractivity contribution is 5.39. The Hall–Kier alpha value is -1.19. The van der Waals surface area contributed by atoms with Crippen molar-refractivity contribution in [2.75, 3.05) is 5.32 Å². The Balaban J connectivity index is 1.77. The zero-order valence-electron chi connectivity index (χ0n) is 7.83. The molecule has 3 rings (SSSR count). The van der Waals surface area contributed by atoms with Gasteiger partial charge in [-0.15, -0.1) is 0 Å². The van der Waals surface area contributed by atoms with Crippen LogP contribution >= 0.6 is 0 Å². The van der Waals surface area contributed by atoms with Gasteiger partial charge in [0.05, 0.1) is 12.4 Å². The van der Waals surface area contributed by atoms with E-state index in [-0.39, 0.29) is 5.54 Å². The summed E-state index contributed by atoms with van der Waals surface area (Å²) in [5, 5.41) is 3.32. The molecule has 0 spiro atoms. The number of nitrogens with zero attached hydrogens (tertiary/aromatic N) is 2. The van der Waals surface area contributed by atoms with Crippen molar-refractivity contribution in [3.63, 3.8) is 0 Å². The van der Waals surface area contributed by atoms with Crippen LogP contribution in [-0.4, -0.2) is 15.5 Å². The molecular weight excluding hydrogens is 181 g/mol. The molecule has 0 atom stereocenters. The molecule has 1 aromatic rings. The molecule has 1 heterocycles. The number of aromatic nitrogens is 2. The number of halogens is 1. The molecule has 2 saturated carbocycles. The highest BCUT2D eigenvalue weighted by Crippen LogP contribution is 2.55. The molecule has 0 radical (unpaired) electrons. The van der Waals surface area contributed by atoms with Gasteiger partial charge in [0.25, 0.3) is 0 Å². The number of nitrogens with one attached hydrogen (secondary N) is 1. The highest BCUT2D eigenvalue weighted by atomic mass is 19.1. The lowest BCUT2D eigenvalue weighted by molar-refractivity contribution is 0.571. The van der Waals surface area contributed by atoms with Crippen LogP contribution in [0.2, 0.25) is 0 Å². The van der Waals surface area contributed by atoms with Crippen LogP contribution < -0.4 is 5.32 Å². The first-order valence-electron chi connectivity index (χ1n) is 5.04. The maximum absolute atomic E-state index is 12.8. The maximum atomic E-state index is 12.8. The summed E-state index contributed by atoms with van der Waals surface area (Å²) in [4.78, 5) is 7.54. The highest BCUT2D eigenvalue weighted by Gasteiger charge is 2.54. The minimum atomic E-state index is -0.512.